The average molecular weight is 320 g/mol. The Labute approximate surface area is 136 Å². The van der Waals surface area contributed by atoms with Crippen molar-refractivity contribution in [2.45, 2.75) is 45.2 Å². The van der Waals surface area contributed by atoms with E-state index in [1.54, 1.807) is 18.4 Å². The summed E-state index contributed by atoms with van der Waals surface area (Å²) in [4.78, 5) is 7.27. The fourth-order valence-electron chi connectivity index (χ4n) is 3.13. The molecule has 3 heterocycles. The van der Waals surface area contributed by atoms with Crippen molar-refractivity contribution >= 4 is 11.3 Å². The van der Waals surface area contributed by atoms with Crippen molar-refractivity contribution in [3.8, 4) is 11.5 Å². The van der Waals surface area contributed by atoms with Gasteiger partial charge in [-0.15, -0.1) is 0 Å². The van der Waals surface area contributed by atoms with Crippen LogP contribution in [0.5, 0.6) is 0 Å². The van der Waals surface area contributed by atoms with Gasteiger partial charge in [-0.2, -0.15) is 11.3 Å². The highest BCUT2D eigenvalue weighted by molar-refractivity contribution is 7.08. The van der Waals surface area contributed by atoms with Crippen molar-refractivity contribution in [1.29, 1.82) is 0 Å². The van der Waals surface area contributed by atoms with Gasteiger partial charge in [-0.3, -0.25) is 4.90 Å². The average Bonchev–Trinajstić information content (AvgIpc) is 3.17. The van der Waals surface area contributed by atoms with Gasteiger partial charge in [0, 0.05) is 37.2 Å². The maximum absolute atomic E-state index is 5.86. The smallest absolute Gasteiger partial charge is 0.227 e. The lowest BCUT2D eigenvalue weighted by Crippen LogP contribution is -2.39. The molecule has 1 fully saturated rings. The van der Waals surface area contributed by atoms with Crippen molar-refractivity contribution < 1.29 is 9.15 Å². The molecule has 0 bridgehead atoms. The van der Waals surface area contributed by atoms with Gasteiger partial charge >= 0.3 is 0 Å². The molecule has 0 unspecified atom stereocenters. The number of thiophene rings is 1. The fourth-order valence-corrected chi connectivity index (χ4v) is 3.76. The van der Waals surface area contributed by atoms with Crippen LogP contribution in [-0.4, -0.2) is 36.2 Å². The van der Waals surface area contributed by atoms with E-state index in [-0.39, 0.29) is 0 Å². The van der Waals surface area contributed by atoms with E-state index < -0.39 is 0 Å². The summed E-state index contributed by atoms with van der Waals surface area (Å²) in [6.07, 6.45) is 4.96. The third kappa shape index (κ3) is 3.59. The number of hydrogen-bond acceptors (Lipinski definition) is 5. The molecular formula is C17H24N2O2S. The number of methoxy groups -OCH3 is 1. The summed E-state index contributed by atoms with van der Waals surface area (Å²) < 4.78 is 11.1. The van der Waals surface area contributed by atoms with Gasteiger partial charge in [0.15, 0.2) is 0 Å². The van der Waals surface area contributed by atoms with Crippen LogP contribution in [0.15, 0.2) is 21.2 Å². The monoisotopic (exact) mass is 320 g/mol. The van der Waals surface area contributed by atoms with Crippen molar-refractivity contribution in [1.82, 2.24) is 9.88 Å². The van der Waals surface area contributed by atoms with Gasteiger partial charge in [-0.25, -0.2) is 4.98 Å². The molecule has 0 spiro atoms. The number of piperidine rings is 1. The molecule has 1 aliphatic rings. The maximum Gasteiger partial charge on any atom is 0.227 e. The molecule has 0 saturated carbocycles. The number of likely N-dealkylation sites (tertiary alicyclic amines) is 1. The molecule has 5 heteroatoms. The lowest BCUT2D eigenvalue weighted by molar-refractivity contribution is 0.0961. The van der Waals surface area contributed by atoms with Crippen molar-refractivity contribution in [2.75, 3.05) is 20.3 Å². The molecule has 4 nitrogen and oxygen atoms in total. The van der Waals surface area contributed by atoms with E-state index in [2.05, 4.69) is 21.7 Å². The van der Waals surface area contributed by atoms with Crippen LogP contribution >= 0.6 is 11.3 Å². The Kier molecular flexibility index (Phi) is 5.28. The zero-order chi connectivity index (χ0) is 15.4. The minimum atomic E-state index is 0.606. The predicted molar refractivity (Wildman–Crippen MR) is 89.1 cm³/mol. The van der Waals surface area contributed by atoms with Crippen LogP contribution in [-0.2, 0) is 11.3 Å². The van der Waals surface area contributed by atoms with Crippen LogP contribution < -0.4 is 0 Å². The van der Waals surface area contributed by atoms with Gasteiger partial charge < -0.3 is 9.15 Å². The molecule has 120 valence electrons. The second kappa shape index (κ2) is 7.40. The SMILES string of the molecule is COCC[C@@H]1CCCCN1Cc1nc(-c2ccsc2)oc1C. The highest BCUT2D eigenvalue weighted by atomic mass is 32.1. The lowest BCUT2D eigenvalue weighted by atomic mass is 9.99. The van der Waals surface area contributed by atoms with Crippen molar-refractivity contribution in [2.24, 2.45) is 0 Å². The standard InChI is InChI=1S/C17H24N2O2S/c1-13-16(18-17(21-13)14-7-10-22-12-14)11-19-8-4-3-5-15(19)6-9-20-2/h7,10,12,15H,3-6,8-9,11H2,1-2H3/t15-/m0/s1. The van der Waals surface area contributed by atoms with E-state index in [1.807, 2.05) is 6.92 Å². The Hall–Kier alpha value is -1.17. The summed E-state index contributed by atoms with van der Waals surface area (Å²) >= 11 is 1.67. The summed E-state index contributed by atoms with van der Waals surface area (Å²) in [5, 5.41) is 4.14. The Morgan fingerprint density at radius 1 is 1.45 bits per heavy atom. The molecule has 0 aromatic carbocycles. The normalized spacial score (nSPS) is 19.6. The fraction of sp³-hybridized carbons (Fsp3) is 0.588. The third-order valence-electron chi connectivity index (χ3n) is 4.42. The van der Waals surface area contributed by atoms with Gasteiger partial charge in [0.2, 0.25) is 5.89 Å². The van der Waals surface area contributed by atoms with Gasteiger partial charge in [0.1, 0.15) is 5.76 Å². The first kappa shape index (κ1) is 15.7. The lowest BCUT2D eigenvalue weighted by Gasteiger charge is -2.35. The molecule has 2 aromatic heterocycles. The second-order valence-corrected chi connectivity index (χ2v) is 6.72. The van der Waals surface area contributed by atoms with Crippen LogP contribution in [0.4, 0.5) is 0 Å². The highest BCUT2D eigenvalue weighted by Gasteiger charge is 2.24. The molecule has 0 amide bonds. The topological polar surface area (TPSA) is 38.5 Å². The molecule has 2 aromatic rings. The molecule has 0 aliphatic carbocycles. The second-order valence-electron chi connectivity index (χ2n) is 5.94. The van der Waals surface area contributed by atoms with E-state index in [0.717, 1.165) is 49.0 Å². The molecular weight excluding hydrogens is 296 g/mol. The third-order valence-corrected chi connectivity index (χ3v) is 5.10. The summed E-state index contributed by atoms with van der Waals surface area (Å²) in [5.41, 5.74) is 2.15. The van der Waals surface area contributed by atoms with Gasteiger partial charge in [0.25, 0.3) is 0 Å². The van der Waals surface area contributed by atoms with Crippen LogP contribution in [0.2, 0.25) is 0 Å². The van der Waals surface area contributed by atoms with Crippen LogP contribution in [0, 0.1) is 6.92 Å². The molecule has 1 saturated heterocycles. The molecule has 3 rings (SSSR count). The Morgan fingerprint density at radius 3 is 3.14 bits per heavy atom. The number of aromatic nitrogens is 1. The molecule has 0 radical (unpaired) electrons. The molecule has 1 aliphatic heterocycles. The Morgan fingerprint density at radius 2 is 2.36 bits per heavy atom. The van der Waals surface area contributed by atoms with E-state index >= 15 is 0 Å². The number of nitrogens with zero attached hydrogens (tertiary/aromatic N) is 2. The first-order valence-electron chi connectivity index (χ1n) is 8.00. The number of hydrogen-bond donors (Lipinski definition) is 0. The minimum absolute atomic E-state index is 0.606. The quantitative estimate of drug-likeness (QED) is 0.803. The number of aryl methyl sites for hydroxylation is 1. The number of oxazole rings is 1. The maximum atomic E-state index is 5.86. The van der Waals surface area contributed by atoms with Crippen LogP contribution in [0.1, 0.15) is 37.1 Å². The van der Waals surface area contributed by atoms with E-state index in [0.29, 0.717) is 6.04 Å². The largest absolute Gasteiger partial charge is 0.441 e. The number of ether oxygens (including phenoxy) is 1. The predicted octanol–water partition coefficient (Wildman–Crippen LogP) is 4.10. The Bertz CT molecular complexity index is 580. The van der Waals surface area contributed by atoms with E-state index in [4.69, 9.17) is 14.1 Å². The highest BCUT2D eigenvalue weighted by Crippen LogP contribution is 2.27. The van der Waals surface area contributed by atoms with Gasteiger partial charge in [-0.05, 0) is 44.2 Å². The van der Waals surface area contributed by atoms with E-state index in [1.165, 1.54) is 19.3 Å². The summed E-state index contributed by atoms with van der Waals surface area (Å²) in [5.74, 6) is 1.69. The summed E-state index contributed by atoms with van der Waals surface area (Å²) in [6.45, 7) is 4.88. The number of rotatable bonds is 6. The first-order chi connectivity index (χ1) is 10.8. The Balaban J connectivity index is 1.71. The molecule has 22 heavy (non-hydrogen) atoms. The van der Waals surface area contributed by atoms with Crippen molar-refractivity contribution in [3.05, 3.63) is 28.3 Å². The van der Waals surface area contributed by atoms with Crippen LogP contribution in [0.3, 0.4) is 0 Å². The van der Waals surface area contributed by atoms with E-state index in [9.17, 15) is 0 Å². The summed E-state index contributed by atoms with van der Waals surface area (Å²) in [6, 6.07) is 2.66. The van der Waals surface area contributed by atoms with Crippen molar-refractivity contribution in [3.63, 3.8) is 0 Å². The summed E-state index contributed by atoms with van der Waals surface area (Å²) in [7, 11) is 1.78. The molecule has 1 atom stereocenters. The zero-order valence-corrected chi connectivity index (χ0v) is 14.2. The first-order valence-corrected chi connectivity index (χ1v) is 8.94. The van der Waals surface area contributed by atoms with Gasteiger partial charge in [0.05, 0.1) is 5.69 Å². The minimum Gasteiger partial charge on any atom is -0.441 e. The zero-order valence-electron chi connectivity index (χ0n) is 13.4. The van der Waals surface area contributed by atoms with Gasteiger partial charge in [-0.1, -0.05) is 6.42 Å². The van der Waals surface area contributed by atoms with Crippen LogP contribution in [0.25, 0.3) is 11.5 Å². The molecule has 0 N–H and O–H groups in total.